The average Bonchev–Trinajstić information content (AvgIpc) is 3.55. The lowest BCUT2D eigenvalue weighted by molar-refractivity contribution is -0.140. The van der Waals surface area contributed by atoms with Gasteiger partial charge >= 0.3 is 0 Å². The molecule has 0 radical (unpaired) electrons. The van der Waals surface area contributed by atoms with Crippen molar-refractivity contribution in [3.05, 3.63) is 131 Å². The second-order valence-electron chi connectivity index (χ2n) is 12.0. The van der Waals surface area contributed by atoms with E-state index < -0.39 is 34.3 Å². The standard InChI is InChI=1S/C37H40FN3O4S/c1-27-21-28(2)23-33(22-27)41(46(44,45)34-15-7-4-8-16-34)26-36(42)40(25-30-17-19-31(38)20-18-30)35(24-29-11-5-3-6-12-29)37(43)39-32-13-9-10-14-32/h3-8,11-12,15-23,32,35H,9-10,13-14,24-26H2,1-2H3,(H,39,43)/t35-/m1/s1. The van der Waals surface area contributed by atoms with Gasteiger partial charge in [-0.3, -0.25) is 13.9 Å². The maximum atomic E-state index is 14.6. The lowest BCUT2D eigenvalue weighted by Gasteiger charge is -2.34. The summed E-state index contributed by atoms with van der Waals surface area (Å²) in [7, 11) is -4.18. The number of halogens is 1. The molecule has 1 fully saturated rings. The van der Waals surface area contributed by atoms with Crippen molar-refractivity contribution >= 4 is 27.5 Å². The van der Waals surface area contributed by atoms with E-state index in [0.717, 1.165) is 46.7 Å². The molecule has 4 aromatic carbocycles. The van der Waals surface area contributed by atoms with Crippen LogP contribution in [-0.4, -0.2) is 43.8 Å². The molecule has 1 N–H and O–H groups in total. The van der Waals surface area contributed by atoms with E-state index in [1.165, 1.54) is 29.2 Å². The maximum Gasteiger partial charge on any atom is 0.264 e. The number of sulfonamides is 1. The van der Waals surface area contributed by atoms with Gasteiger partial charge in [0.05, 0.1) is 10.6 Å². The number of anilines is 1. The van der Waals surface area contributed by atoms with Gasteiger partial charge in [0, 0.05) is 19.0 Å². The van der Waals surface area contributed by atoms with Crippen LogP contribution in [0.3, 0.4) is 0 Å². The third-order valence-electron chi connectivity index (χ3n) is 8.34. The van der Waals surface area contributed by atoms with Crippen LogP contribution in [0.4, 0.5) is 10.1 Å². The first-order chi connectivity index (χ1) is 22.1. The maximum absolute atomic E-state index is 14.6. The summed E-state index contributed by atoms with van der Waals surface area (Å²) in [5.74, 6) is -1.27. The molecule has 240 valence electrons. The number of hydrogen-bond donors (Lipinski definition) is 1. The van der Waals surface area contributed by atoms with E-state index in [-0.39, 0.29) is 29.8 Å². The molecule has 1 aliphatic carbocycles. The summed E-state index contributed by atoms with van der Waals surface area (Å²) >= 11 is 0. The fraction of sp³-hybridized carbons (Fsp3) is 0.297. The number of aryl methyl sites for hydroxylation is 2. The van der Waals surface area contributed by atoms with E-state index in [1.54, 1.807) is 42.5 Å². The lowest BCUT2D eigenvalue weighted by atomic mass is 10.0. The molecule has 0 bridgehead atoms. The zero-order valence-electron chi connectivity index (χ0n) is 26.2. The van der Waals surface area contributed by atoms with Crippen LogP contribution in [0.1, 0.15) is 47.9 Å². The zero-order valence-corrected chi connectivity index (χ0v) is 27.0. The van der Waals surface area contributed by atoms with E-state index in [9.17, 15) is 22.4 Å². The monoisotopic (exact) mass is 641 g/mol. The highest BCUT2D eigenvalue weighted by Gasteiger charge is 2.35. The van der Waals surface area contributed by atoms with Gasteiger partial charge in [0.25, 0.3) is 10.0 Å². The largest absolute Gasteiger partial charge is 0.352 e. The molecule has 1 saturated carbocycles. The van der Waals surface area contributed by atoms with E-state index in [2.05, 4.69) is 5.32 Å². The van der Waals surface area contributed by atoms with Crippen molar-refractivity contribution in [3.8, 4) is 0 Å². The van der Waals surface area contributed by atoms with Gasteiger partial charge in [-0.15, -0.1) is 0 Å². The highest BCUT2D eigenvalue weighted by molar-refractivity contribution is 7.92. The van der Waals surface area contributed by atoms with Crippen molar-refractivity contribution in [2.24, 2.45) is 0 Å². The van der Waals surface area contributed by atoms with Crippen LogP contribution in [0.25, 0.3) is 0 Å². The molecule has 0 aromatic heterocycles. The SMILES string of the molecule is Cc1cc(C)cc(N(CC(=O)N(Cc2ccc(F)cc2)[C@H](Cc2ccccc2)C(=O)NC2CCCC2)S(=O)(=O)c2ccccc2)c1. The van der Waals surface area contributed by atoms with Gasteiger partial charge in [-0.25, -0.2) is 12.8 Å². The molecule has 46 heavy (non-hydrogen) atoms. The van der Waals surface area contributed by atoms with E-state index in [4.69, 9.17) is 0 Å². The van der Waals surface area contributed by atoms with Gasteiger partial charge in [0.15, 0.2) is 0 Å². The average molecular weight is 642 g/mol. The highest BCUT2D eigenvalue weighted by Crippen LogP contribution is 2.27. The fourth-order valence-electron chi connectivity index (χ4n) is 6.05. The van der Waals surface area contributed by atoms with Crippen molar-refractivity contribution < 1.29 is 22.4 Å². The molecule has 0 spiro atoms. The van der Waals surface area contributed by atoms with E-state index in [1.807, 2.05) is 50.2 Å². The van der Waals surface area contributed by atoms with Crippen molar-refractivity contribution in [3.63, 3.8) is 0 Å². The summed E-state index contributed by atoms with van der Waals surface area (Å²) in [5, 5.41) is 3.16. The molecule has 0 unspecified atom stereocenters. The van der Waals surface area contributed by atoms with Gasteiger partial charge in [-0.2, -0.15) is 0 Å². The van der Waals surface area contributed by atoms with Crippen molar-refractivity contribution in [1.29, 1.82) is 0 Å². The molecule has 2 amide bonds. The summed E-state index contributed by atoms with van der Waals surface area (Å²) in [6.45, 7) is 3.19. The van der Waals surface area contributed by atoms with Crippen molar-refractivity contribution in [2.75, 3.05) is 10.8 Å². The van der Waals surface area contributed by atoms with Crippen LogP contribution >= 0.6 is 0 Å². The fourth-order valence-corrected chi connectivity index (χ4v) is 7.47. The minimum absolute atomic E-state index is 0.0128. The molecule has 9 heteroatoms. The first kappa shape index (κ1) is 32.9. The van der Waals surface area contributed by atoms with Gasteiger partial charge in [-0.05, 0) is 85.3 Å². The molecule has 1 atom stereocenters. The number of hydrogen-bond acceptors (Lipinski definition) is 4. The number of rotatable bonds is 12. The third kappa shape index (κ3) is 8.20. The Labute approximate surface area is 271 Å². The van der Waals surface area contributed by atoms with Gasteiger partial charge in [0.1, 0.15) is 18.4 Å². The number of nitrogens with zero attached hydrogens (tertiary/aromatic N) is 2. The minimum atomic E-state index is -4.18. The summed E-state index contributed by atoms with van der Waals surface area (Å²) < 4.78 is 43.3. The van der Waals surface area contributed by atoms with Gasteiger partial charge in [-0.1, -0.05) is 79.6 Å². The molecule has 0 aliphatic heterocycles. The molecular weight excluding hydrogens is 601 g/mol. The van der Waals surface area contributed by atoms with Crippen LogP contribution in [0.15, 0.2) is 108 Å². The lowest BCUT2D eigenvalue weighted by Crippen LogP contribution is -2.54. The van der Waals surface area contributed by atoms with Gasteiger partial charge in [0.2, 0.25) is 11.8 Å². The molecule has 1 aliphatic rings. The highest BCUT2D eigenvalue weighted by atomic mass is 32.2. The van der Waals surface area contributed by atoms with Crippen LogP contribution in [-0.2, 0) is 32.6 Å². The quantitative estimate of drug-likeness (QED) is 0.196. The van der Waals surface area contributed by atoms with E-state index in [0.29, 0.717) is 11.3 Å². The summed E-state index contributed by atoms with van der Waals surface area (Å²) in [6, 6.07) is 27.7. The predicted octanol–water partition coefficient (Wildman–Crippen LogP) is 6.34. The summed E-state index contributed by atoms with van der Waals surface area (Å²) in [5.41, 5.74) is 3.51. The number of carbonyl (C=O) groups is 2. The Hall–Kier alpha value is -4.50. The molecule has 5 rings (SSSR count). The topological polar surface area (TPSA) is 86.8 Å². The van der Waals surface area contributed by atoms with Crippen LogP contribution in [0.2, 0.25) is 0 Å². The zero-order chi connectivity index (χ0) is 32.7. The first-order valence-electron chi connectivity index (χ1n) is 15.6. The molecular formula is C37H40FN3O4S. The first-order valence-corrected chi connectivity index (χ1v) is 17.1. The number of amides is 2. The second-order valence-corrected chi connectivity index (χ2v) is 13.9. The molecule has 0 saturated heterocycles. The summed E-state index contributed by atoms with van der Waals surface area (Å²) in [4.78, 5) is 30.1. The Balaban J connectivity index is 1.57. The molecule has 7 nitrogen and oxygen atoms in total. The Morgan fingerprint density at radius 1 is 0.826 bits per heavy atom. The van der Waals surface area contributed by atoms with Crippen LogP contribution in [0, 0.1) is 19.7 Å². The van der Waals surface area contributed by atoms with Gasteiger partial charge < -0.3 is 10.2 Å². The summed E-state index contributed by atoms with van der Waals surface area (Å²) in [6.07, 6.45) is 4.00. The third-order valence-corrected chi connectivity index (χ3v) is 10.1. The van der Waals surface area contributed by atoms with E-state index >= 15 is 0 Å². The Kier molecular flexibility index (Phi) is 10.5. The van der Waals surface area contributed by atoms with Crippen LogP contribution < -0.4 is 9.62 Å². The second kappa shape index (κ2) is 14.7. The van der Waals surface area contributed by atoms with Crippen LogP contribution in [0.5, 0.6) is 0 Å². The number of benzene rings is 4. The Morgan fingerprint density at radius 3 is 2.02 bits per heavy atom. The van der Waals surface area contributed by atoms with Crippen molar-refractivity contribution in [1.82, 2.24) is 10.2 Å². The molecule has 4 aromatic rings. The number of carbonyl (C=O) groups excluding carboxylic acids is 2. The Morgan fingerprint density at radius 2 is 1.41 bits per heavy atom. The predicted molar refractivity (Wildman–Crippen MR) is 178 cm³/mol. The van der Waals surface area contributed by atoms with Crippen molar-refractivity contribution in [2.45, 2.75) is 69.5 Å². The Bertz CT molecular complexity index is 1720. The number of nitrogens with one attached hydrogen (secondary N) is 1. The minimum Gasteiger partial charge on any atom is -0.352 e. The normalized spacial score (nSPS) is 14.1. The molecule has 0 heterocycles. The smallest absolute Gasteiger partial charge is 0.264 e.